The molecule has 1 aromatic rings. The highest BCUT2D eigenvalue weighted by Gasteiger charge is 2.12. The number of aliphatic hydroxyl groups is 1. The van der Waals surface area contributed by atoms with Gasteiger partial charge < -0.3 is 14.3 Å². The van der Waals surface area contributed by atoms with Crippen molar-refractivity contribution < 1.29 is 19.1 Å². The second kappa shape index (κ2) is 7.83. The van der Waals surface area contributed by atoms with Crippen LogP contribution in [-0.4, -0.2) is 49.3 Å². The molecule has 0 saturated heterocycles. The second-order valence-electron chi connectivity index (χ2n) is 3.77. The first-order chi connectivity index (χ1) is 8.71. The average molecular weight is 257 g/mol. The van der Waals surface area contributed by atoms with Crippen LogP contribution in [0.2, 0.25) is 0 Å². The van der Waals surface area contributed by atoms with Gasteiger partial charge >= 0.3 is 0 Å². The van der Waals surface area contributed by atoms with Gasteiger partial charge in [0.25, 0.3) is 5.91 Å². The van der Waals surface area contributed by atoms with E-state index in [1.165, 1.54) is 6.26 Å². The van der Waals surface area contributed by atoms with Gasteiger partial charge in [-0.3, -0.25) is 15.1 Å². The normalized spacial score (nSPS) is 10.9. The van der Waals surface area contributed by atoms with E-state index in [0.717, 1.165) is 0 Å². The van der Waals surface area contributed by atoms with E-state index in [1.54, 1.807) is 13.2 Å². The van der Waals surface area contributed by atoms with Crippen LogP contribution in [0.5, 0.6) is 0 Å². The van der Waals surface area contributed by atoms with Gasteiger partial charge in [-0.05, 0) is 6.07 Å². The minimum atomic E-state index is -0.393. The standard InChI is InChI=1S/C11H19N3O4/c1-17-5-3-14(2-4-15)7-10-6-9(8-18-10)11(16)13-12/h6,8,15H,2-5,7,12H2,1H3,(H,13,16). The lowest BCUT2D eigenvalue weighted by atomic mass is 10.3. The Labute approximate surface area is 105 Å². The van der Waals surface area contributed by atoms with Gasteiger partial charge in [-0.2, -0.15) is 0 Å². The maximum Gasteiger partial charge on any atom is 0.268 e. The highest BCUT2D eigenvalue weighted by molar-refractivity contribution is 5.93. The Morgan fingerprint density at radius 2 is 2.39 bits per heavy atom. The number of ether oxygens (including phenoxy) is 1. The third kappa shape index (κ3) is 4.46. The molecule has 102 valence electrons. The van der Waals surface area contributed by atoms with Crippen molar-refractivity contribution in [3.63, 3.8) is 0 Å². The Balaban J connectivity index is 2.57. The molecule has 0 radical (unpaired) electrons. The fraction of sp³-hybridized carbons (Fsp3) is 0.545. The van der Waals surface area contributed by atoms with Crippen LogP contribution in [0.15, 0.2) is 16.7 Å². The van der Waals surface area contributed by atoms with Gasteiger partial charge in [0.2, 0.25) is 0 Å². The molecule has 1 aromatic heterocycles. The quantitative estimate of drug-likeness (QED) is 0.324. The van der Waals surface area contributed by atoms with Crippen LogP contribution >= 0.6 is 0 Å². The summed E-state index contributed by atoms with van der Waals surface area (Å²) in [6.45, 7) is 2.32. The van der Waals surface area contributed by atoms with Crippen molar-refractivity contribution in [1.29, 1.82) is 0 Å². The number of aliphatic hydroxyl groups excluding tert-OH is 1. The lowest BCUT2D eigenvalue weighted by Gasteiger charge is -2.19. The lowest BCUT2D eigenvalue weighted by molar-refractivity contribution is 0.0953. The van der Waals surface area contributed by atoms with Gasteiger partial charge in [-0.1, -0.05) is 0 Å². The molecule has 0 atom stereocenters. The van der Waals surface area contributed by atoms with Crippen LogP contribution < -0.4 is 11.3 Å². The van der Waals surface area contributed by atoms with Crippen molar-refractivity contribution in [2.24, 2.45) is 5.84 Å². The topological polar surface area (TPSA) is 101 Å². The molecule has 0 spiro atoms. The van der Waals surface area contributed by atoms with E-state index < -0.39 is 5.91 Å². The molecule has 0 saturated carbocycles. The van der Waals surface area contributed by atoms with E-state index in [9.17, 15) is 4.79 Å². The molecule has 7 heteroatoms. The second-order valence-corrected chi connectivity index (χ2v) is 3.77. The van der Waals surface area contributed by atoms with Gasteiger partial charge in [-0.15, -0.1) is 0 Å². The Hall–Kier alpha value is -1.41. The average Bonchev–Trinajstić information content (AvgIpc) is 2.83. The van der Waals surface area contributed by atoms with Crippen molar-refractivity contribution in [3.05, 3.63) is 23.7 Å². The monoisotopic (exact) mass is 257 g/mol. The maximum atomic E-state index is 11.2. The van der Waals surface area contributed by atoms with Crippen LogP contribution in [0, 0.1) is 0 Å². The summed E-state index contributed by atoms with van der Waals surface area (Å²) in [4.78, 5) is 13.2. The minimum Gasteiger partial charge on any atom is -0.467 e. The zero-order chi connectivity index (χ0) is 13.4. The van der Waals surface area contributed by atoms with Gasteiger partial charge in [0.15, 0.2) is 0 Å². The fourth-order valence-corrected chi connectivity index (χ4v) is 1.52. The van der Waals surface area contributed by atoms with E-state index in [0.29, 0.717) is 37.6 Å². The number of nitrogen functional groups attached to an aromatic ring is 1. The Kier molecular flexibility index (Phi) is 6.37. The van der Waals surface area contributed by atoms with Crippen molar-refractivity contribution in [2.75, 3.05) is 33.4 Å². The smallest absolute Gasteiger partial charge is 0.268 e. The van der Waals surface area contributed by atoms with Gasteiger partial charge in [0.1, 0.15) is 12.0 Å². The Morgan fingerprint density at radius 3 is 3.00 bits per heavy atom. The SMILES string of the molecule is COCCN(CCO)Cc1cc(C(=O)NN)co1. The number of carbonyl (C=O) groups is 1. The summed E-state index contributed by atoms with van der Waals surface area (Å²) in [5.41, 5.74) is 2.41. The van der Waals surface area contributed by atoms with Gasteiger partial charge in [-0.25, -0.2) is 5.84 Å². The maximum absolute atomic E-state index is 11.2. The molecule has 1 amide bonds. The zero-order valence-electron chi connectivity index (χ0n) is 10.4. The Bertz CT molecular complexity index is 367. The molecule has 0 aliphatic carbocycles. The van der Waals surface area contributed by atoms with E-state index in [4.69, 9.17) is 20.1 Å². The fourth-order valence-electron chi connectivity index (χ4n) is 1.52. The molecular formula is C11H19N3O4. The largest absolute Gasteiger partial charge is 0.467 e. The number of amides is 1. The highest BCUT2D eigenvalue weighted by Crippen LogP contribution is 2.10. The molecule has 7 nitrogen and oxygen atoms in total. The zero-order valence-corrected chi connectivity index (χ0v) is 10.4. The first-order valence-corrected chi connectivity index (χ1v) is 5.61. The minimum absolute atomic E-state index is 0.0561. The predicted octanol–water partition coefficient (Wildman–Crippen LogP) is -0.676. The van der Waals surface area contributed by atoms with E-state index >= 15 is 0 Å². The summed E-state index contributed by atoms with van der Waals surface area (Å²) in [6, 6.07) is 1.62. The highest BCUT2D eigenvalue weighted by atomic mass is 16.5. The summed E-state index contributed by atoms with van der Waals surface area (Å²) < 4.78 is 10.2. The van der Waals surface area contributed by atoms with E-state index in [1.807, 2.05) is 10.3 Å². The summed E-state index contributed by atoms with van der Waals surface area (Å²) in [6.07, 6.45) is 1.35. The number of rotatable bonds is 8. The van der Waals surface area contributed by atoms with Crippen LogP contribution in [0.4, 0.5) is 0 Å². The molecule has 0 aromatic carbocycles. The number of methoxy groups -OCH3 is 1. The number of nitrogens with two attached hydrogens (primary N) is 1. The third-order valence-corrected chi connectivity index (χ3v) is 2.45. The molecule has 1 heterocycles. The van der Waals surface area contributed by atoms with Crippen LogP contribution in [0.1, 0.15) is 16.1 Å². The molecular weight excluding hydrogens is 238 g/mol. The number of furan rings is 1. The number of hydrazine groups is 1. The molecule has 0 bridgehead atoms. The summed E-state index contributed by atoms with van der Waals surface area (Å²) in [7, 11) is 1.62. The summed E-state index contributed by atoms with van der Waals surface area (Å²) in [5.74, 6) is 5.27. The van der Waals surface area contributed by atoms with Crippen molar-refractivity contribution in [1.82, 2.24) is 10.3 Å². The van der Waals surface area contributed by atoms with Crippen molar-refractivity contribution in [2.45, 2.75) is 6.54 Å². The summed E-state index contributed by atoms with van der Waals surface area (Å²) in [5, 5.41) is 8.95. The molecule has 4 N–H and O–H groups in total. The van der Waals surface area contributed by atoms with E-state index in [2.05, 4.69) is 0 Å². The summed E-state index contributed by atoms with van der Waals surface area (Å²) >= 11 is 0. The third-order valence-electron chi connectivity index (χ3n) is 2.45. The Morgan fingerprint density at radius 1 is 1.61 bits per heavy atom. The number of hydrogen-bond donors (Lipinski definition) is 3. The first-order valence-electron chi connectivity index (χ1n) is 5.61. The van der Waals surface area contributed by atoms with Crippen LogP contribution in [-0.2, 0) is 11.3 Å². The van der Waals surface area contributed by atoms with E-state index in [-0.39, 0.29) is 6.61 Å². The molecule has 0 aliphatic heterocycles. The number of nitrogens with zero attached hydrogens (tertiary/aromatic N) is 1. The molecule has 0 aliphatic rings. The number of nitrogens with one attached hydrogen (secondary N) is 1. The van der Waals surface area contributed by atoms with Gasteiger partial charge in [0, 0.05) is 20.2 Å². The number of carbonyl (C=O) groups excluding carboxylic acids is 1. The van der Waals surface area contributed by atoms with Crippen molar-refractivity contribution >= 4 is 5.91 Å². The first kappa shape index (κ1) is 14.7. The van der Waals surface area contributed by atoms with Crippen LogP contribution in [0.3, 0.4) is 0 Å². The van der Waals surface area contributed by atoms with Crippen LogP contribution in [0.25, 0.3) is 0 Å². The molecule has 0 unspecified atom stereocenters. The van der Waals surface area contributed by atoms with Gasteiger partial charge in [0.05, 0.1) is 25.3 Å². The molecule has 0 fully saturated rings. The lowest BCUT2D eigenvalue weighted by Crippen LogP contribution is -2.30. The van der Waals surface area contributed by atoms with Crippen molar-refractivity contribution in [3.8, 4) is 0 Å². The number of hydrogen-bond acceptors (Lipinski definition) is 6. The molecule has 1 rings (SSSR count). The predicted molar refractivity (Wildman–Crippen MR) is 64.6 cm³/mol. The molecule has 18 heavy (non-hydrogen) atoms.